The van der Waals surface area contributed by atoms with E-state index >= 15 is 0 Å². The Labute approximate surface area is 328 Å². The van der Waals surface area contributed by atoms with Crippen molar-refractivity contribution < 1.29 is 4.42 Å². The number of rotatable bonds is 5. The highest BCUT2D eigenvalue weighted by Gasteiger charge is 2.18. The highest BCUT2D eigenvalue weighted by atomic mass is 16.3. The van der Waals surface area contributed by atoms with Crippen LogP contribution in [0.25, 0.3) is 111 Å². The Morgan fingerprint density at radius 1 is 0.298 bits per heavy atom. The molecule has 0 aliphatic carbocycles. The van der Waals surface area contributed by atoms with Crippen LogP contribution in [0.2, 0.25) is 0 Å². The summed E-state index contributed by atoms with van der Waals surface area (Å²) in [5.41, 5.74) is 15.0. The Morgan fingerprint density at radius 3 is 1.37 bits per heavy atom. The number of hydrogen-bond donors (Lipinski definition) is 0. The second kappa shape index (κ2) is 12.4. The van der Waals surface area contributed by atoms with E-state index in [0.29, 0.717) is 0 Å². The van der Waals surface area contributed by atoms with Gasteiger partial charge in [0, 0.05) is 55.2 Å². The number of furan rings is 1. The number of pyridine rings is 1. The molecule has 0 N–H and O–H groups in total. The van der Waals surface area contributed by atoms with Crippen LogP contribution in [0.15, 0.2) is 205 Å². The Morgan fingerprint density at radius 2 is 0.772 bits per heavy atom. The maximum absolute atomic E-state index is 6.32. The second-order valence-corrected chi connectivity index (χ2v) is 14.8. The van der Waals surface area contributed by atoms with Crippen molar-refractivity contribution in [3.8, 4) is 45.0 Å². The maximum atomic E-state index is 6.32. The fourth-order valence-electron chi connectivity index (χ4n) is 8.87. The largest absolute Gasteiger partial charge is 0.456 e. The molecule has 0 radical (unpaired) electrons. The van der Waals surface area contributed by atoms with E-state index in [9.17, 15) is 0 Å². The molecule has 4 heteroatoms. The average Bonchev–Trinajstić information content (AvgIpc) is 3.93. The normalized spacial score (nSPS) is 11.9. The van der Waals surface area contributed by atoms with Gasteiger partial charge in [-0.3, -0.25) is 0 Å². The fraction of sp³-hybridized carbons (Fsp3) is 0. The zero-order valence-electron chi connectivity index (χ0n) is 30.8. The van der Waals surface area contributed by atoms with Gasteiger partial charge in [-0.25, -0.2) is 4.98 Å². The Balaban J connectivity index is 1.02. The molecule has 0 spiro atoms. The number of para-hydroxylation sites is 3. The summed E-state index contributed by atoms with van der Waals surface area (Å²) in [6.45, 7) is 0. The monoisotopic (exact) mass is 727 g/mol. The molecule has 57 heavy (non-hydrogen) atoms. The first-order chi connectivity index (χ1) is 28.2. The van der Waals surface area contributed by atoms with Crippen molar-refractivity contribution in [2.24, 2.45) is 0 Å². The molecule has 266 valence electrons. The lowest BCUT2D eigenvalue weighted by molar-refractivity contribution is 0.668. The molecule has 12 rings (SSSR count). The van der Waals surface area contributed by atoms with Gasteiger partial charge in [0.2, 0.25) is 0 Å². The number of nitrogens with zero attached hydrogens (tertiary/aromatic N) is 3. The van der Waals surface area contributed by atoms with E-state index in [-0.39, 0.29) is 0 Å². The summed E-state index contributed by atoms with van der Waals surface area (Å²) >= 11 is 0. The molecule has 0 aliphatic rings. The summed E-state index contributed by atoms with van der Waals surface area (Å²) < 4.78 is 11.1. The van der Waals surface area contributed by atoms with Crippen LogP contribution in [0.1, 0.15) is 0 Å². The molecule has 0 saturated heterocycles. The van der Waals surface area contributed by atoms with Crippen molar-refractivity contribution in [3.05, 3.63) is 200 Å². The highest BCUT2D eigenvalue weighted by Crippen LogP contribution is 2.40. The summed E-state index contributed by atoms with van der Waals surface area (Å²) in [5.74, 6) is 0. The summed E-state index contributed by atoms with van der Waals surface area (Å²) in [5, 5.41) is 7.13. The number of hydrogen-bond acceptors (Lipinski definition) is 2. The Kier molecular flexibility index (Phi) is 6.89. The molecule has 4 nitrogen and oxygen atoms in total. The lowest BCUT2D eigenvalue weighted by Crippen LogP contribution is -1.98. The van der Waals surface area contributed by atoms with Crippen LogP contribution >= 0.6 is 0 Å². The second-order valence-electron chi connectivity index (χ2n) is 14.8. The molecular weight excluding hydrogens is 695 g/mol. The third-order valence-electron chi connectivity index (χ3n) is 11.5. The smallest absolute Gasteiger partial charge is 0.137 e. The Bertz CT molecular complexity index is 3460. The molecule has 0 amide bonds. The van der Waals surface area contributed by atoms with Gasteiger partial charge in [-0.2, -0.15) is 0 Å². The standard InChI is InChI=1S/C53H33N3O/c1-3-13-34(14-4-1)46-31-39(32-47(54-46)35-15-5-2-6-16-35)56-49-21-11-8-18-41(49)45-30-37(24-28-51(45)56)36-23-27-50-44(29-36)40-17-7-10-20-48(40)55(50)38-25-26-43-42-19-9-12-22-52(42)57-53(43)33-38/h1-33H. The zero-order chi connectivity index (χ0) is 37.5. The average molecular weight is 728 g/mol. The van der Waals surface area contributed by atoms with Crippen molar-refractivity contribution in [1.29, 1.82) is 0 Å². The summed E-state index contributed by atoms with van der Waals surface area (Å²) in [6, 6.07) is 71.4. The molecule has 8 aromatic carbocycles. The third kappa shape index (κ3) is 4.98. The van der Waals surface area contributed by atoms with Gasteiger partial charge in [0.1, 0.15) is 11.2 Å². The van der Waals surface area contributed by atoms with Gasteiger partial charge < -0.3 is 13.6 Å². The van der Waals surface area contributed by atoms with Crippen LogP contribution in [-0.4, -0.2) is 14.1 Å². The number of aromatic nitrogens is 3. The fourth-order valence-corrected chi connectivity index (χ4v) is 8.87. The van der Waals surface area contributed by atoms with E-state index in [0.717, 1.165) is 72.4 Å². The summed E-state index contributed by atoms with van der Waals surface area (Å²) in [4.78, 5) is 5.17. The lowest BCUT2D eigenvalue weighted by Gasteiger charge is -2.13. The van der Waals surface area contributed by atoms with Crippen LogP contribution in [0.5, 0.6) is 0 Å². The molecule has 0 fully saturated rings. The molecule has 0 saturated carbocycles. The van der Waals surface area contributed by atoms with Crippen molar-refractivity contribution in [2.45, 2.75) is 0 Å². The number of fused-ring (bicyclic) bond motifs is 9. The molecule has 4 heterocycles. The van der Waals surface area contributed by atoms with E-state index in [1.165, 1.54) is 38.2 Å². The predicted octanol–water partition coefficient (Wildman–Crippen LogP) is 14.2. The molecule has 0 aliphatic heterocycles. The molecule has 4 aromatic heterocycles. The van der Waals surface area contributed by atoms with Crippen LogP contribution < -0.4 is 0 Å². The van der Waals surface area contributed by atoms with Crippen molar-refractivity contribution in [2.75, 3.05) is 0 Å². The highest BCUT2D eigenvalue weighted by molar-refractivity contribution is 6.13. The topological polar surface area (TPSA) is 35.9 Å². The quantitative estimate of drug-likeness (QED) is 0.177. The summed E-state index contributed by atoms with van der Waals surface area (Å²) in [7, 11) is 0. The van der Waals surface area contributed by atoms with Crippen molar-refractivity contribution in [1.82, 2.24) is 14.1 Å². The number of benzene rings is 8. The van der Waals surface area contributed by atoms with Gasteiger partial charge in [0.05, 0.1) is 39.1 Å². The van der Waals surface area contributed by atoms with Gasteiger partial charge in [0.15, 0.2) is 0 Å². The van der Waals surface area contributed by atoms with Crippen LogP contribution in [0.3, 0.4) is 0 Å². The van der Waals surface area contributed by atoms with Crippen LogP contribution in [-0.2, 0) is 0 Å². The van der Waals surface area contributed by atoms with E-state index in [2.05, 4.69) is 197 Å². The maximum Gasteiger partial charge on any atom is 0.137 e. The van der Waals surface area contributed by atoms with E-state index in [1.807, 2.05) is 12.1 Å². The minimum atomic E-state index is 0.892. The van der Waals surface area contributed by atoms with E-state index < -0.39 is 0 Å². The predicted molar refractivity (Wildman–Crippen MR) is 237 cm³/mol. The van der Waals surface area contributed by atoms with Gasteiger partial charge in [0.25, 0.3) is 0 Å². The first kappa shape index (κ1) is 31.6. The van der Waals surface area contributed by atoms with Gasteiger partial charge in [-0.05, 0) is 77.9 Å². The van der Waals surface area contributed by atoms with Crippen LogP contribution in [0, 0.1) is 0 Å². The molecular formula is C53H33N3O. The molecule has 0 unspecified atom stereocenters. The minimum absolute atomic E-state index is 0.892. The third-order valence-corrected chi connectivity index (χ3v) is 11.5. The van der Waals surface area contributed by atoms with E-state index in [1.54, 1.807) is 0 Å². The first-order valence-electron chi connectivity index (χ1n) is 19.4. The Hall–Kier alpha value is -7.69. The SMILES string of the molecule is c1ccc(-c2cc(-n3c4ccccc4c4cc(-c5ccc6c(c5)c5ccccc5n6-c5ccc6c(c5)oc5ccccc56)ccc43)cc(-c3ccccc3)n2)cc1. The molecule has 12 aromatic rings. The van der Waals surface area contributed by atoms with Gasteiger partial charge in [-0.1, -0.05) is 127 Å². The van der Waals surface area contributed by atoms with Crippen molar-refractivity contribution in [3.63, 3.8) is 0 Å². The minimum Gasteiger partial charge on any atom is -0.456 e. The van der Waals surface area contributed by atoms with Gasteiger partial charge >= 0.3 is 0 Å². The molecule has 0 atom stereocenters. The van der Waals surface area contributed by atoms with Crippen LogP contribution in [0.4, 0.5) is 0 Å². The zero-order valence-corrected chi connectivity index (χ0v) is 30.8. The van der Waals surface area contributed by atoms with Gasteiger partial charge in [-0.15, -0.1) is 0 Å². The first-order valence-corrected chi connectivity index (χ1v) is 19.4. The van der Waals surface area contributed by atoms with Crippen molar-refractivity contribution >= 4 is 65.6 Å². The van der Waals surface area contributed by atoms with E-state index in [4.69, 9.17) is 9.40 Å². The molecule has 0 bridgehead atoms. The lowest BCUT2D eigenvalue weighted by atomic mass is 10.0. The summed E-state index contributed by atoms with van der Waals surface area (Å²) in [6.07, 6.45) is 0.